The fourth-order valence-corrected chi connectivity index (χ4v) is 1.73. The Balaban J connectivity index is 2.66. The quantitative estimate of drug-likeness (QED) is 0.566. The molecule has 36 valence electrons. The molecular formula is C4H8SSe. The third-order valence-electron chi connectivity index (χ3n) is 0.288. The summed E-state index contributed by atoms with van der Waals surface area (Å²) < 4.78 is 0. The van der Waals surface area contributed by atoms with Crippen molar-refractivity contribution in [1.82, 2.24) is 0 Å². The Hall–Kier alpha value is 0.609. The average molecular weight is 167 g/mol. The Bertz CT molecular complexity index is 42.8. The molecule has 0 saturated carbocycles. The molecule has 0 rings (SSSR count). The maximum absolute atomic E-state index is 2.21. The summed E-state index contributed by atoms with van der Waals surface area (Å²) in [5.41, 5.74) is 0. The molecule has 6 heavy (non-hydrogen) atoms. The van der Waals surface area contributed by atoms with Crippen molar-refractivity contribution in [3.63, 3.8) is 0 Å². The molecule has 0 heterocycles. The van der Waals surface area contributed by atoms with Crippen LogP contribution in [-0.2, 0) is 0 Å². The van der Waals surface area contributed by atoms with Crippen molar-refractivity contribution < 1.29 is 0 Å². The number of allylic oxidation sites excluding steroid dienone is 1. The second-order valence-corrected chi connectivity index (χ2v) is 4.84. The molecular weight excluding hydrogens is 159 g/mol. The fourth-order valence-electron chi connectivity index (χ4n) is 0.111. The van der Waals surface area contributed by atoms with Gasteiger partial charge in [0.15, 0.2) is 0 Å². The van der Waals surface area contributed by atoms with Crippen LogP contribution in [0.1, 0.15) is 6.92 Å². The zero-order chi connectivity index (χ0) is 4.83. The zero-order valence-electron chi connectivity index (χ0n) is 3.97. The number of hydrogen-bond donors (Lipinski definition) is 0. The van der Waals surface area contributed by atoms with Crippen molar-refractivity contribution >= 4 is 24.0 Å². The van der Waals surface area contributed by atoms with E-state index < -0.39 is 0 Å². The SMILES string of the molecule is CC=CS[Se]C. The number of rotatable bonds is 2. The van der Waals surface area contributed by atoms with Crippen molar-refractivity contribution in [3.05, 3.63) is 11.5 Å². The predicted molar refractivity (Wildman–Crippen MR) is 34.0 cm³/mol. The minimum absolute atomic E-state index is 0.756. The van der Waals surface area contributed by atoms with Crippen molar-refractivity contribution in [1.29, 1.82) is 0 Å². The summed E-state index contributed by atoms with van der Waals surface area (Å²) in [5.74, 6) is 2.21. The van der Waals surface area contributed by atoms with Crippen LogP contribution in [0.5, 0.6) is 0 Å². The third-order valence-corrected chi connectivity index (χ3v) is 2.77. The molecule has 0 saturated heterocycles. The minimum atomic E-state index is 0.756. The van der Waals surface area contributed by atoms with E-state index in [4.69, 9.17) is 0 Å². The summed E-state index contributed by atoms with van der Waals surface area (Å²) in [6.07, 6.45) is 2.07. The molecule has 0 fully saturated rings. The summed E-state index contributed by atoms with van der Waals surface area (Å²) in [6.45, 7) is 2.04. The molecule has 0 amide bonds. The molecule has 0 aromatic carbocycles. The summed E-state index contributed by atoms with van der Waals surface area (Å²) in [6, 6.07) is 0. The van der Waals surface area contributed by atoms with Crippen LogP contribution in [0.25, 0.3) is 0 Å². The van der Waals surface area contributed by atoms with Gasteiger partial charge < -0.3 is 0 Å². The van der Waals surface area contributed by atoms with Crippen molar-refractivity contribution in [2.75, 3.05) is 0 Å². The van der Waals surface area contributed by atoms with E-state index in [1.165, 1.54) is 0 Å². The molecule has 0 nitrogen and oxygen atoms in total. The predicted octanol–water partition coefficient (Wildman–Crippen LogP) is 1.92. The molecule has 2 heteroatoms. The standard InChI is InChI=1S/C4H8SSe/c1-3-4-5-6-2/h3-4H,1-2H3. The Morgan fingerprint density at radius 3 is 2.50 bits per heavy atom. The van der Waals surface area contributed by atoms with Gasteiger partial charge in [-0.15, -0.1) is 0 Å². The van der Waals surface area contributed by atoms with E-state index in [1.54, 1.807) is 0 Å². The summed E-state index contributed by atoms with van der Waals surface area (Å²) in [7, 11) is 1.89. The Labute approximate surface area is 48.6 Å². The monoisotopic (exact) mass is 168 g/mol. The van der Waals surface area contributed by atoms with E-state index in [9.17, 15) is 0 Å². The first-order chi connectivity index (χ1) is 2.91. The molecule has 0 aromatic heterocycles. The maximum atomic E-state index is 2.21. The van der Waals surface area contributed by atoms with Gasteiger partial charge in [0.05, 0.1) is 0 Å². The molecule has 0 unspecified atom stereocenters. The zero-order valence-corrected chi connectivity index (χ0v) is 6.50. The van der Waals surface area contributed by atoms with Crippen molar-refractivity contribution in [3.8, 4) is 0 Å². The van der Waals surface area contributed by atoms with E-state index in [-0.39, 0.29) is 0 Å². The topological polar surface area (TPSA) is 0 Å². The molecule has 0 radical (unpaired) electrons. The summed E-state index contributed by atoms with van der Waals surface area (Å²) >= 11 is 0.756. The first-order valence-electron chi connectivity index (χ1n) is 1.72. The van der Waals surface area contributed by atoms with Crippen LogP contribution in [0.4, 0.5) is 0 Å². The van der Waals surface area contributed by atoms with E-state index in [1.807, 2.05) is 17.1 Å². The molecule has 0 aliphatic rings. The van der Waals surface area contributed by atoms with Gasteiger partial charge in [-0.25, -0.2) is 0 Å². The van der Waals surface area contributed by atoms with Gasteiger partial charge in [-0.05, 0) is 0 Å². The molecule has 0 spiro atoms. The second kappa shape index (κ2) is 5.61. The van der Waals surface area contributed by atoms with Crippen molar-refractivity contribution in [2.45, 2.75) is 12.7 Å². The first-order valence-corrected chi connectivity index (χ1v) is 6.34. The summed E-state index contributed by atoms with van der Waals surface area (Å²) in [4.78, 5) is 0. The van der Waals surface area contributed by atoms with Crippen molar-refractivity contribution in [2.24, 2.45) is 0 Å². The van der Waals surface area contributed by atoms with Gasteiger partial charge in [-0.3, -0.25) is 0 Å². The normalized spacial score (nSPS) is 10.3. The van der Waals surface area contributed by atoms with Crippen LogP contribution in [-0.4, -0.2) is 13.8 Å². The third kappa shape index (κ3) is 4.61. The molecule has 0 N–H and O–H groups in total. The molecule has 0 aliphatic heterocycles. The van der Waals surface area contributed by atoms with Gasteiger partial charge >= 0.3 is 48.2 Å². The van der Waals surface area contributed by atoms with Gasteiger partial charge in [0.1, 0.15) is 0 Å². The van der Waals surface area contributed by atoms with Crippen LogP contribution in [0.3, 0.4) is 0 Å². The van der Waals surface area contributed by atoms with Crippen LogP contribution >= 0.6 is 10.2 Å². The second-order valence-electron chi connectivity index (χ2n) is 0.732. The average Bonchev–Trinajstić information content (AvgIpc) is 1.61. The molecule has 0 atom stereocenters. The first kappa shape index (κ1) is 6.61. The molecule has 0 aromatic rings. The van der Waals surface area contributed by atoms with Gasteiger partial charge in [-0.2, -0.15) is 0 Å². The Morgan fingerprint density at radius 1 is 1.67 bits per heavy atom. The van der Waals surface area contributed by atoms with Gasteiger partial charge in [-0.1, -0.05) is 0 Å². The van der Waals surface area contributed by atoms with Gasteiger partial charge in [0, 0.05) is 0 Å². The van der Waals surface area contributed by atoms with E-state index in [2.05, 4.69) is 17.3 Å². The Kier molecular flexibility index (Phi) is 6.18. The van der Waals surface area contributed by atoms with Crippen LogP contribution in [0.2, 0.25) is 5.82 Å². The van der Waals surface area contributed by atoms with Gasteiger partial charge in [0.25, 0.3) is 0 Å². The van der Waals surface area contributed by atoms with Gasteiger partial charge in [0.2, 0.25) is 0 Å². The van der Waals surface area contributed by atoms with E-state index in [0.717, 1.165) is 13.8 Å². The number of hydrogen-bond acceptors (Lipinski definition) is 1. The van der Waals surface area contributed by atoms with E-state index >= 15 is 0 Å². The van der Waals surface area contributed by atoms with Crippen LogP contribution in [0, 0.1) is 0 Å². The summed E-state index contributed by atoms with van der Waals surface area (Å²) in [5, 5.41) is 2.12. The van der Waals surface area contributed by atoms with E-state index in [0.29, 0.717) is 0 Å². The molecule has 0 bridgehead atoms. The van der Waals surface area contributed by atoms with Crippen LogP contribution < -0.4 is 0 Å². The van der Waals surface area contributed by atoms with Crippen LogP contribution in [0.15, 0.2) is 11.5 Å². The molecule has 0 aliphatic carbocycles. The fraction of sp³-hybridized carbons (Fsp3) is 0.500. The Morgan fingerprint density at radius 2 is 2.33 bits per heavy atom.